The number of hydrogen-bond donors (Lipinski definition) is 2. The number of nitrogens with zero attached hydrogens (tertiary/aromatic N) is 2. The molecule has 0 bridgehead atoms. The van der Waals surface area contributed by atoms with Crippen LogP contribution in [0.15, 0.2) is 36.4 Å². The molecule has 1 atom stereocenters. The van der Waals surface area contributed by atoms with Crippen LogP contribution in [0.2, 0.25) is 0 Å². The third-order valence-corrected chi connectivity index (χ3v) is 7.16. The summed E-state index contributed by atoms with van der Waals surface area (Å²) < 4.78 is 22.9. The van der Waals surface area contributed by atoms with Gasteiger partial charge in [-0.25, -0.2) is 5.06 Å². The van der Waals surface area contributed by atoms with Gasteiger partial charge in [0.25, 0.3) is 5.91 Å². The Labute approximate surface area is 222 Å². The second-order valence-corrected chi connectivity index (χ2v) is 11.7. The van der Waals surface area contributed by atoms with Crippen molar-refractivity contribution in [1.82, 2.24) is 9.96 Å². The summed E-state index contributed by atoms with van der Waals surface area (Å²) in [5, 5.41) is 10.2. The molecule has 0 spiro atoms. The van der Waals surface area contributed by atoms with Crippen LogP contribution < -0.4 is 9.47 Å². The Morgan fingerprint density at radius 2 is 1.45 bits per heavy atom. The van der Waals surface area contributed by atoms with E-state index in [1.807, 2.05) is 18.2 Å². The third kappa shape index (κ3) is 7.98. The number of likely N-dealkylation sites (N-methyl/N-ethyl adjacent to an activating group) is 1. The largest absolute Gasteiger partial charge is 0.494 e. The molecule has 11 heteroatoms. The molecule has 0 fully saturated rings. The fraction of sp³-hybridized carbons (Fsp3) is 0.444. The molecule has 206 valence electrons. The highest BCUT2D eigenvalue weighted by Gasteiger charge is 2.28. The monoisotopic (exact) mass is 546 g/mol. The van der Waals surface area contributed by atoms with Crippen molar-refractivity contribution in [1.29, 1.82) is 0 Å². The minimum Gasteiger partial charge on any atom is -0.494 e. The molecule has 1 amide bonds. The molecule has 0 heterocycles. The van der Waals surface area contributed by atoms with Crippen molar-refractivity contribution in [3.63, 3.8) is 0 Å². The molecule has 1 unspecified atom stereocenters. The van der Waals surface area contributed by atoms with Crippen molar-refractivity contribution in [2.45, 2.75) is 26.7 Å². The predicted octanol–water partition coefficient (Wildman–Crippen LogP) is 3.46. The lowest BCUT2D eigenvalue weighted by Crippen LogP contribution is -2.31. The third-order valence-electron chi connectivity index (χ3n) is 6.22. The highest BCUT2D eigenvalue weighted by atomic mass is 31.2. The van der Waals surface area contributed by atoms with Gasteiger partial charge in [0.2, 0.25) is 7.37 Å². The number of fused-ring (bicyclic) bond motifs is 3. The molecule has 0 aliphatic heterocycles. The second kappa shape index (κ2) is 13.2. The number of rotatable bonds is 15. The number of ether oxygens (including phenoxy) is 2. The topological polar surface area (TPSA) is 134 Å². The summed E-state index contributed by atoms with van der Waals surface area (Å²) in [6.07, 6.45) is -0.990. The maximum atomic E-state index is 13.1. The van der Waals surface area contributed by atoms with Crippen LogP contribution in [0.5, 0.6) is 11.5 Å². The summed E-state index contributed by atoms with van der Waals surface area (Å²) >= 11 is 0. The Morgan fingerprint density at radius 3 is 1.97 bits per heavy atom. The highest BCUT2D eigenvalue weighted by Crippen LogP contribution is 2.40. The summed E-state index contributed by atoms with van der Waals surface area (Å²) in [5.41, 5.74) is 2.79. The van der Waals surface area contributed by atoms with Crippen molar-refractivity contribution in [2.75, 3.05) is 52.2 Å². The van der Waals surface area contributed by atoms with E-state index in [2.05, 4.69) is 18.7 Å². The lowest BCUT2D eigenvalue weighted by Gasteiger charge is -2.18. The zero-order valence-electron chi connectivity index (χ0n) is 22.0. The normalized spacial score (nSPS) is 13.6. The zero-order valence-corrected chi connectivity index (χ0v) is 22.9. The minimum atomic E-state index is -3.56. The van der Waals surface area contributed by atoms with E-state index in [4.69, 9.17) is 9.47 Å². The Kier molecular flexibility index (Phi) is 10.2. The van der Waals surface area contributed by atoms with Crippen LogP contribution in [0.4, 0.5) is 0 Å². The molecule has 2 aromatic carbocycles. The SMILES string of the molecule is CCN(CC)CCOc1ccc2c(c1)C(=O)c1cc(OCCCN(O)C(=O)CC(=O)CP(C)(=O)O)ccc1-2. The first-order valence-corrected chi connectivity index (χ1v) is 14.9. The fourth-order valence-corrected chi connectivity index (χ4v) is 4.99. The van der Waals surface area contributed by atoms with Crippen LogP contribution >= 0.6 is 7.37 Å². The lowest BCUT2D eigenvalue weighted by atomic mass is 10.1. The minimum absolute atomic E-state index is 0.0820. The number of carbonyl (C=O) groups excluding carboxylic acids is 3. The number of Topliss-reactive ketones (excluding diaryl/α,β-unsaturated/α-hetero) is 1. The number of benzene rings is 2. The van der Waals surface area contributed by atoms with E-state index in [0.717, 1.165) is 37.4 Å². The number of carbonyl (C=O) groups is 3. The molecule has 3 rings (SSSR count). The predicted molar refractivity (Wildman–Crippen MR) is 142 cm³/mol. The second-order valence-electron chi connectivity index (χ2n) is 9.26. The lowest BCUT2D eigenvalue weighted by molar-refractivity contribution is -0.166. The van der Waals surface area contributed by atoms with Gasteiger partial charge in [-0.3, -0.25) is 24.2 Å². The van der Waals surface area contributed by atoms with Gasteiger partial charge in [-0.2, -0.15) is 0 Å². The van der Waals surface area contributed by atoms with Gasteiger partial charge in [0.05, 0.1) is 25.7 Å². The Morgan fingerprint density at radius 1 is 0.895 bits per heavy atom. The molecule has 10 nitrogen and oxygen atoms in total. The number of amides is 1. The maximum Gasteiger partial charge on any atom is 0.253 e. The number of hydrogen-bond acceptors (Lipinski definition) is 8. The molecular weight excluding hydrogens is 511 g/mol. The van der Waals surface area contributed by atoms with Gasteiger partial charge >= 0.3 is 0 Å². The van der Waals surface area contributed by atoms with Crippen LogP contribution in [0.3, 0.4) is 0 Å². The first-order chi connectivity index (χ1) is 18.0. The average molecular weight is 547 g/mol. The first-order valence-electron chi connectivity index (χ1n) is 12.6. The average Bonchev–Trinajstić information content (AvgIpc) is 3.14. The number of ketones is 2. The zero-order chi connectivity index (χ0) is 27.9. The molecule has 38 heavy (non-hydrogen) atoms. The Bertz CT molecular complexity index is 1220. The van der Waals surface area contributed by atoms with Gasteiger partial charge in [0, 0.05) is 30.8 Å². The van der Waals surface area contributed by atoms with Crippen LogP contribution in [0, 0.1) is 0 Å². The molecule has 2 N–H and O–H groups in total. The van der Waals surface area contributed by atoms with Crippen LogP contribution in [0.25, 0.3) is 11.1 Å². The molecule has 0 saturated carbocycles. The van der Waals surface area contributed by atoms with Crippen LogP contribution in [-0.4, -0.2) is 89.8 Å². The molecule has 0 saturated heterocycles. The summed E-state index contributed by atoms with van der Waals surface area (Å²) in [5.74, 6) is -0.529. The Balaban J connectivity index is 1.50. The van der Waals surface area contributed by atoms with Gasteiger partial charge in [-0.1, -0.05) is 13.8 Å². The molecule has 1 aliphatic carbocycles. The summed E-state index contributed by atoms with van der Waals surface area (Å²) in [7, 11) is -3.56. The van der Waals surface area contributed by atoms with Crippen molar-refractivity contribution in [3.8, 4) is 22.6 Å². The van der Waals surface area contributed by atoms with E-state index < -0.39 is 31.6 Å². The van der Waals surface area contributed by atoms with Gasteiger partial charge in [-0.05, 0) is 60.6 Å². The summed E-state index contributed by atoms with van der Waals surface area (Å²) in [6.45, 7) is 8.58. The van der Waals surface area contributed by atoms with E-state index in [9.17, 15) is 29.0 Å². The molecule has 2 aromatic rings. The van der Waals surface area contributed by atoms with E-state index in [0.29, 0.717) is 34.3 Å². The Hall–Kier alpha value is -3.04. The van der Waals surface area contributed by atoms with Gasteiger partial charge in [-0.15, -0.1) is 0 Å². The van der Waals surface area contributed by atoms with Gasteiger partial charge < -0.3 is 19.3 Å². The standard InChI is InChI=1S/C27H35N2O8P/c1-4-28(5-2)12-14-37-21-8-10-23-22-9-7-20(16-24(22)27(32)25(23)17-21)36-13-6-11-29(33)26(31)15-19(30)18-38(3,34)35/h7-10,16-17,33H,4-6,11-15,18H2,1-3H3,(H,34,35). The van der Waals surface area contributed by atoms with E-state index >= 15 is 0 Å². The number of hydroxylamine groups is 2. The summed E-state index contributed by atoms with van der Waals surface area (Å²) in [6, 6.07) is 10.8. The van der Waals surface area contributed by atoms with Crippen LogP contribution in [-0.2, 0) is 14.2 Å². The van der Waals surface area contributed by atoms with Gasteiger partial charge in [0.1, 0.15) is 18.1 Å². The van der Waals surface area contributed by atoms with Gasteiger partial charge in [0.15, 0.2) is 11.6 Å². The molecule has 1 aliphatic rings. The summed E-state index contributed by atoms with van der Waals surface area (Å²) in [4.78, 5) is 48.1. The smallest absolute Gasteiger partial charge is 0.253 e. The molecule has 0 aromatic heterocycles. The van der Waals surface area contributed by atoms with E-state index in [1.54, 1.807) is 18.2 Å². The maximum absolute atomic E-state index is 13.1. The van der Waals surface area contributed by atoms with Crippen molar-refractivity contribution in [3.05, 3.63) is 47.5 Å². The van der Waals surface area contributed by atoms with Crippen molar-refractivity contribution >= 4 is 24.8 Å². The molecule has 0 radical (unpaired) electrons. The fourth-order valence-electron chi connectivity index (χ4n) is 4.22. The molecular formula is C27H35N2O8P. The quantitative estimate of drug-likeness (QED) is 0.0966. The van der Waals surface area contributed by atoms with E-state index in [-0.39, 0.29) is 25.4 Å². The van der Waals surface area contributed by atoms with E-state index in [1.165, 1.54) is 0 Å². The van der Waals surface area contributed by atoms with Crippen LogP contribution in [0.1, 0.15) is 42.6 Å². The van der Waals surface area contributed by atoms with Crippen molar-refractivity contribution in [2.24, 2.45) is 0 Å². The van der Waals surface area contributed by atoms with Crippen molar-refractivity contribution < 1.29 is 38.5 Å². The highest BCUT2D eigenvalue weighted by molar-refractivity contribution is 7.58. The first kappa shape index (κ1) is 29.5.